The van der Waals surface area contributed by atoms with E-state index < -0.39 is 0 Å². The summed E-state index contributed by atoms with van der Waals surface area (Å²) >= 11 is 0. The van der Waals surface area contributed by atoms with Gasteiger partial charge in [-0.25, -0.2) is 0 Å². The first-order valence-corrected chi connectivity index (χ1v) is 10.8. The summed E-state index contributed by atoms with van der Waals surface area (Å²) in [5.41, 5.74) is 6.36. The van der Waals surface area contributed by atoms with Crippen molar-refractivity contribution in [1.29, 1.82) is 5.41 Å². The zero-order chi connectivity index (χ0) is 20.5. The molecule has 1 aliphatic heterocycles. The fourth-order valence-corrected chi connectivity index (χ4v) is 4.78. The number of aliphatic hydroxyl groups excluding tert-OH is 1. The lowest BCUT2D eigenvalue weighted by atomic mass is 9.93. The number of piperidine rings is 1. The van der Waals surface area contributed by atoms with E-state index in [4.69, 9.17) is 9.83 Å². The van der Waals surface area contributed by atoms with Crippen LogP contribution in [0.5, 0.6) is 0 Å². The van der Waals surface area contributed by atoms with E-state index in [1.165, 1.54) is 5.56 Å². The van der Waals surface area contributed by atoms with Crippen molar-refractivity contribution in [2.75, 3.05) is 26.2 Å². The number of aliphatic hydroxyl groups is 1. The smallest absolute Gasteiger partial charge is 0.142 e. The van der Waals surface area contributed by atoms with E-state index >= 15 is 0 Å². The fraction of sp³-hybridized carbons (Fsp3) is 0.360. The molecule has 3 aromatic rings. The number of rotatable bonds is 5. The number of likely N-dealkylation sites (tertiary alicyclic amines) is 1. The summed E-state index contributed by atoms with van der Waals surface area (Å²) in [6.45, 7) is 2.96. The Kier molecular flexibility index (Phi) is 5.23. The van der Waals surface area contributed by atoms with Crippen molar-refractivity contribution in [3.05, 3.63) is 65.7 Å². The zero-order valence-electron chi connectivity index (χ0n) is 17.1. The van der Waals surface area contributed by atoms with Gasteiger partial charge in [0.25, 0.3) is 0 Å². The average Bonchev–Trinajstić information content (AvgIpc) is 3.39. The van der Waals surface area contributed by atoms with E-state index in [9.17, 15) is 5.11 Å². The molecule has 0 bridgehead atoms. The fourth-order valence-electron chi connectivity index (χ4n) is 4.78. The third-order valence-electron chi connectivity index (χ3n) is 6.49. The van der Waals surface area contributed by atoms with E-state index in [1.807, 2.05) is 24.5 Å². The molecule has 0 saturated carbocycles. The van der Waals surface area contributed by atoms with Crippen molar-refractivity contribution in [1.82, 2.24) is 9.88 Å². The van der Waals surface area contributed by atoms with Crippen LogP contribution in [0.15, 0.2) is 53.2 Å². The topological polar surface area (TPSA) is 73.4 Å². The van der Waals surface area contributed by atoms with Gasteiger partial charge in [0.05, 0.1) is 6.61 Å². The maximum absolute atomic E-state index is 9.20. The van der Waals surface area contributed by atoms with Crippen LogP contribution in [0.1, 0.15) is 42.1 Å². The summed E-state index contributed by atoms with van der Waals surface area (Å²) in [5, 5.41) is 17.3. The second-order valence-electron chi connectivity index (χ2n) is 8.32. The minimum Gasteiger partial charge on any atom is -0.460 e. The second kappa shape index (κ2) is 8.17. The molecule has 1 aliphatic carbocycles. The predicted octanol–water partition coefficient (Wildman–Crippen LogP) is 4.49. The normalized spacial score (nSPS) is 17.4. The van der Waals surface area contributed by atoms with Crippen LogP contribution in [0.4, 0.5) is 0 Å². The number of furan rings is 1. The molecule has 5 nitrogen and oxygen atoms in total. The summed E-state index contributed by atoms with van der Waals surface area (Å²) in [4.78, 5) is 6.49. The molecule has 3 heterocycles. The van der Waals surface area contributed by atoms with Crippen molar-refractivity contribution in [2.45, 2.75) is 31.6 Å². The molecule has 154 valence electrons. The molecule has 1 fully saturated rings. The molecule has 2 N–H and O–H groups in total. The molecular formula is C25H27N3O2. The van der Waals surface area contributed by atoms with Gasteiger partial charge >= 0.3 is 0 Å². The summed E-state index contributed by atoms with van der Waals surface area (Å²) in [5.74, 6) is 2.36. The maximum atomic E-state index is 9.20. The Balaban J connectivity index is 1.51. The van der Waals surface area contributed by atoms with Crippen molar-refractivity contribution < 1.29 is 9.52 Å². The molecule has 0 amide bonds. The van der Waals surface area contributed by atoms with Crippen molar-refractivity contribution in [3.8, 4) is 22.5 Å². The lowest BCUT2D eigenvalue weighted by Gasteiger charge is -2.30. The van der Waals surface area contributed by atoms with E-state index in [0.717, 1.165) is 84.8 Å². The molecular weight excluding hydrogens is 374 g/mol. The Hall–Kier alpha value is -2.76. The number of β-amino-alcohol motifs (C(OH)–C–C–N with tert-alkyl or cyclic N) is 1. The number of hydrogen-bond donors (Lipinski definition) is 2. The van der Waals surface area contributed by atoms with Gasteiger partial charge in [0.15, 0.2) is 0 Å². The molecule has 30 heavy (non-hydrogen) atoms. The lowest BCUT2D eigenvalue weighted by molar-refractivity contribution is 0.159. The van der Waals surface area contributed by atoms with Crippen molar-refractivity contribution in [2.24, 2.45) is 0 Å². The average molecular weight is 402 g/mol. The largest absolute Gasteiger partial charge is 0.460 e. The van der Waals surface area contributed by atoms with Crippen molar-refractivity contribution >= 4 is 5.71 Å². The third kappa shape index (κ3) is 3.59. The Morgan fingerprint density at radius 1 is 1.00 bits per heavy atom. The monoisotopic (exact) mass is 401 g/mol. The van der Waals surface area contributed by atoms with Crippen LogP contribution in [-0.2, 0) is 6.42 Å². The molecule has 5 rings (SSSR count). The van der Waals surface area contributed by atoms with Gasteiger partial charge in [-0.05, 0) is 79.7 Å². The molecule has 0 atom stereocenters. The predicted molar refractivity (Wildman–Crippen MR) is 118 cm³/mol. The van der Waals surface area contributed by atoms with E-state index in [1.54, 1.807) is 0 Å². The SMILES string of the molecule is N=C1CCc2cc(-c3oc(C4CCN(CCO)CC4)cc3-c3ccncc3)ccc21. The van der Waals surface area contributed by atoms with E-state index in [-0.39, 0.29) is 6.61 Å². The molecule has 1 saturated heterocycles. The van der Waals surface area contributed by atoms with E-state index in [0.29, 0.717) is 5.92 Å². The van der Waals surface area contributed by atoms with Crippen LogP contribution in [0.25, 0.3) is 22.5 Å². The molecule has 2 aliphatic rings. The summed E-state index contributed by atoms with van der Waals surface area (Å²) in [6, 6.07) is 12.7. The first kappa shape index (κ1) is 19.2. The number of benzene rings is 1. The van der Waals surface area contributed by atoms with Crippen LogP contribution >= 0.6 is 0 Å². The first-order chi connectivity index (χ1) is 14.7. The minimum absolute atomic E-state index is 0.220. The summed E-state index contributed by atoms with van der Waals surface area (Å²) < 4.78 is 6.53. The zero-order valence-corrected chi connectivity index (χ0v) is 17.1. The van der Waals surface area contributed by atoms with Crippen molar-refractivity contribution in [3.63, 3.8) is 0 Å². The number of pyridine rings is 1. The number of fused-ring (bicyclic) bond motifs is 1. The number of aromatic nitrogens is 1. The van der Waals surface area contributed by atoms with Gasteiger partial charge in [0.2, 0.25) is 0 Å². The van der Waals surface area contributed by atoms with Gasteiger partial charge in [0.1, 0.15) is 11.5 Å². The molecule has 1 aromatic carbocycles. The highest BCUT2D eigenvalue weighted by molar-refractivity contribution is 6.02. The molecule has 0 radical (unpaired) electrons. The number of nitrogens with one attached hydrogen (secondary N) is 1. The van der Waals surface area contributed by atoms with Crippen LogP contribution in [0, 0.1) is 5.41 Å². The standard InChI is InChI=1S/C25H27N3O2/c26-23-4-2-19-15-20(1-3-21(19)23)25-22(17-5-9-27-10-6-17)16-24(30-25)18-7-11-28(12-8-18)13-14-29/h1,3,5-6,9-10,15-16,18,26,29H,2,4,7-8,11-14H2. The first-order valence-electron chi connectivity index (χ1n) is 10.8. The van der Waals surface area contributed by atoms with Gasteiger partial charge in [-0.3, -0.25) is 4.98 Å². The van der Waals surface area contributed by atoms with Crippen LogP contribution in [0.2, 0.25) is 0 Å². The van der Waals surface area contributed by atoms with Crippen LogP contribution in [0.3, 0.4) is 0 Å². The van der Waals surface area contributed by atoms with Gasteiger partial charge in [-0.1, -0.05) is 12.1 Å². The Labute approximate surface area is 176 Å². The highest BCUT2D eigenvalue weighted by atomic mass is 16.3. The number of hydrogen-bond acceptors (Lipinski definition) is 5. The highest BCUT2D eigenvalue weighted by Crippen LogP contribution is 2.41. The molecule has 0 spiro atoms. The Bertz CT molecular complexity index is 1050. The Morgan fingerprint density at radius 2 is 1.80 bits per heavy atom. The Morgan fingerprint density at radius 3 is 2.57 bits per heavy atom. The highest BCUT2D eigenvalue weighted by Gasteiger charge is 2.26. The summed E-state index contributed by atoms with van der Waals surface area (Å²) in [6.07, 6.45) is 7.50. The number of nitrogens with zero attached hydrogens (tertiary/aromatic N) is 2. The maximum Gasteiger partial charge on any atom is 0.142 e. The lowest BCUT2D eigenvalue weighted by Crippen LogP contribution is -2.34. The van der Waals surface area contributed by atoms with Gasteiger partial charge in [-0.2, -0.15) is 0 Å². The molecule has 0 unspecified atom stereocenters. The van der Waals surface area contributed by atoms with E-state index in [2.05, 4.69) is 34.1 Å². The molecule has 5 heteroatoms. The molecule has 2 aromatic heterocycles. The quantitative estimate of drug-likeness (QED) is 0.660. The van der Waals surface area contributed by atoms with Gasteiger partial charge in [-0.15, -0.1) is 0 Å². The number of aryl methyl sites for hydroxylation is 1. The second-order valence-corrected chi connectivity index (χ2v) is 8.32. The van der Waals surface area contributed by atoms with Crippen LogP contribution in [-0.4, -0.2) is 46.9 Å². The summed E-state index contributed by atoms with van der Waals surface area (Å²) in [7, 11) is 0. The minimum atomic E-state index is 0.220. The van der Waals surface area contributed by atoms with Gasteiger partial charge < -0.3 is 19.8 Å². The van der Waals surface area contributed by atoms with Crippen LogP contribution < -0.4 is 0 Å². The van der Waals surface area contributed by atoms with Gasteiger partial charge in [0, 0.05) is 41.7 Å². The third-order valence-corrected chi connectivity index (χ3v) is 6.49.